The molecule has 0 saturated carbocycles. The Balaban J connectivity index is 1.31. The van der Waals surface area contributed by atoms with E-state index in [1.807, 2.05) is 35.7 Å². The highest BCUT2D eigenvalue weighted by molar-refractivity contribution is 8.17. The molecule has 0 amide bonds. The van der Waals surface area contributed by atoms with Crippen LogP contribution in [0.3, 0.4) is 0 Å². The second-order valence-electron chi connectivity index (χ2n) is 7.47. The SMILES string of the molecule is c1ccc(COC[C@H]2SC(SCc3ccccc3)C[C@@H]2OCc2ccccc2)cc1. The van der Waals surface area contributed by atoms with Gasteiger partial charge in [0, 0.05) is 5.75 Å². The Labute approximate surface area is 188 Å². The van der Waals surface area contributed by atoms with E-state index < -0.39 is 0 Å². The van der Waals surface area contributed by atoms with E-state index in [1.54, 1.807) is 0 Å². The number of thioether (sulfide) groups is 2. The van der Waals surface area contributed by atoms with E-state index in [0.29, 0.717) is 23.0 Å². The van der Waals surface area contributed by atoms with E-state index in [-0.39, 0.29) is 6.10 Å². The van der Waals surface area contributed by atoms with Crippen molar-refractivity contribution in [2.24, 2.45) is 0 Å². The fraction of sp³-hybridized carbons (Fsp3) is 0.308. The van der Waals surface area contributed by atoms with Gasteiger partial charge in [-0.2, -0.15) is 0 Å². The van der Waals surface area contributed by atoms with Gasteiger partial charge in [-0.1, -0.05) is 91.0 Å². The lowest BCUT2D eigenvalue weighted by atomic mass is 10.2. The first kappa shape index (κ1) is 21.5. The minimum Gasteiger partial charge on any atom is -0.376 e. The van der Waals surface area contributed by atoms with Crippen molar-refractivity contribution in [3.05, 3.63) is 108 Å². The summed E-state index contributed by atoms with van der Waals surface area (Å²) in [6.07, 6.45) is 1.29. The first-order chi connectivity index (χ1) is 14.9. The van der Waals surface area contributed by atoms with Crippen LogP contribution < -0.4 is 0 Å². The predicted octanol–water partition coefficient (Wildman–Crippen LogP) is 6.55. The van der Waals surface area contributed by atoms with Crippen molar-refractivity contribution in [1.29, 1.82) is 0 Å². The molecule has 3 aromatic carbocycles. The van der Waals surface area contributed by atoms with Crippen LogP contribution in [0.1, 0.15) is 23.1 Å². The fourth-order valence-electron chi connectivity index (χ4n) is 3.52. The van der Waals surface area contributed by atoms with Crippen LogP contribution in [0.5, 0.6) is 0 Å². The lowest BCUT2D eigenvalue weighted by Crippen LogP contribution is -2.26. The van der Waals surface area contributed by atoms with E-state index in [9.17, 15) is 0 Å². The lowest BCUT2D eigenvalue weighted by molar-refractivity contribution is 0.0168. The Morgan fingerprint density at radius 2 is 1.30 bits per heavy atom. The highest BCUT2D eigenvalue weighted by Gasteiger charge is 2.36. The zero-order valence-corrected chi connectivity index (χ0v) is 18.7. The Morgan fingerprint density at radius 3 is 1.93 bits per heavy atom. The number of ether oxygens (including phenoxy) is 2. The minimum absolute atomic E-state index is 0.222. The van der Waals surface area contributed by atoms with Gasteiger partial charge in [-0.25, -0.2) is 0 Å². The molecule has 156 valence electrons. The molecule has 3 atom stereocenters. The predicted molar refractivity (Wildman–Crippen MR) is 129 cm³/mol. The second-order valence-corrected chi connectivity index (χ2v) is 10.4. The van der Waals surface area contributed by atoms with Gasteiger partial charge >= 0.3 is 0 Å². The lowest BCUT2D eigenvalue weighted by Gasteiger charge is -2.19. The molecule has 3 aromatic rings. The maximum atomic E-state index is 6.37. The molecule has 2 nitrogen and oxygen atoms in total. The van der Waals surface area contributed by atoms with Crippen molar-refractivity contribution in [3.8, 4) is 0 Å². The third-order valence-electron chi connectivity index (χ3n) is 5.15. The van der Waals surface area contributed by atoms with Crippen LogP contribution >= 0.6 is 23.5 Å². The normalized spacial score (nSPS) is 21.0. The molecule has 1 fully saturated rings. The summed E-state index contributed by atoms with van der Waals surface area (Å²) in [4.78, 5) is 0. The molecule has 30 heavy (non-hydrogen) atoms. The quantitative estimate of drug-likeness (QED) is 0.358. The summed E-state index contributed by atoms with van der Waals surface area (Å²) in [5.41, 5.74) is 3.83. The van der Waals surface area contributed by atoms with Crippen LogP contribution in [0, 0.1) is 0 Å². The molecular formula is C26H28O2S2. The highest BCUT2D eigenvalue weighted by Crippen LogP contribution is 2.43. The van der Waals surface area contributed by atoms with Crippen LogP contribution in [-0.2, 0) is 28.4 Å². The van der Waals surface area contributed by atoms with Crippen molar-refractivity contribution in [3.63, 3.8) is 0 Å². The number of benzene rings is 3. The summed E-state index contributed by atoms with van der Waals surface area (Å²) < 4.78 is 13.0. The van der Waals surface area contributed by atoms with Gasteiger partial charge in [-0.3, -0.25) is 0 Å². The minimum atomic E-state index is 0.222. The number of hydrogen-bond donors (Lipinski definition) is 0. The van der Waals surface area contributed by atoms with Crippen molar-refractivity contribution >= 4 is 23.5 Å². The van der Waals surface area contributed by atoms with Crippen molar-refractivity contribution in [2.75, 3.05) is 6.61 Å². The van der Waals surface area contributed by atoms with E-state index in [0.717, 1.165) is 18.8 Å². The van der Waals surface area contributed by atoms with Gasteiger partial charge in [0.15, 0.2) is 0 Å². The van der Waals surface area contributed by atoms with Gasteiger partial charge in [0.25, 0.3) is 0 Å². The first-order valence-electron chi connectivity index (χ1n) is 10.4. The second kappa shape index (κ2) is 11.6. The van der Waals surface area contributed by atoms with E-state index >= 15 is 0 Å². The Hall–Kier alpha value is -1.72. The van der Waals surface area contributed by atoms with Crippen LogP contribution in [0.2, 0.25) is 0 Å². The van der Waals surface area contributed by atoms with Gasteiger partial charge in [0.1, 0.15) is 0 Å². The average molecular weight is 437 g/mol. The van der Waals surface area contributed by atoms with Gasteiger partial charge in [-0.05, 0) is 23.1 Å². The molecular weight excluding hydrogens is 408 g/mol. The van der Waals surface area contributed by atoms with Crippen LogP contribution in [-0.4, -0.2) is 22.5 Å². The molecule has 0 aliphatic carbocycles. The molecule has 1 aliphatic rings. The molecule has 1 unspecified atom stereocenters. The topological polar surface area (TPSA) is 18.5 Å². The molecule has 0 N–H and O–H groups in total. The first-order valence-corrected chi connectivity index (χ1v) is 12.4. The molecule has 0 aromatic heterocycles. The summed E-state index contributed by atoms with van der Waals surface area (Å²) in [5.74, 6) is 1.04. The van der Waals surface area contributed by atoms with Gasteiger partial charge in [0.05, 0.1) is 35.8 Å². The molecule has 0 bridgehead atoms. The third kappa shape index (κ3) is 6.64. The molecule has 0 radical (unpaired) electrons. The summed E-state index contributed by atoms with van der Waals surface area (Å²) in [7, 11) is 0. The molecule has 4 heteroatoms. The van der Waals surface area contributed by atoms with Crippen molar-refractivity contribution in [2.45, 2.75) is 41.3 Å². The monoisotopic (exact) mass is 436 g/mol. The Kier molecular flexibility index (Phi) is 8.33. The van der Waals surface area contributed by atoms with Crippen LogP contribution in [0.4, 0.5) is 0 Å². The summed E-state index contributed by atoms with van der Waals surface area (Å²) >= 11 is 4.04. The summed E-state index contributed by atoms with van der Waals surface area (Å²) in [6.45, 7) is 2.05. The fourth-order valence-corrected chi connectivity index (χ4v) is 6.59. The zero-order valence-electron chi connectivity index (χ0n) is 17.1. The van der Waals surface area contributed by atoms with Gasteiger partial charge < -0.3 is 9.47 Å². The number of hydrogen-bond acceptors (Lipinski definition) is 4. The summed E-state index contributed by atoms with van der Waals surface area (Å²) in [5, 5.41) is 0.366. The number of rotatable bonds is 10. The molecule has 0 spiro atoms. The molecule has 1 heterocycles. The Bertz CT molecular complexity index is 858. The zero-order chi connectivity index (χ0) is 20.4. The van der Waals surface area contributed by atoms with E-state index in [1.165, 1.54) is 16.7 Å². The maximum Gasteiger partial charge on any atom is 0.0739 e. The standard InChI is InChI=1S/C26H28O2S2/c1-4-10-21(11-5-1)17-27-19-25-24(28-18-22-12-6-2-7-13-22)16-26(30-25)29-20-23-14-8-3-9-15-23/h1-15,24-26H,16-20H2/t24-,25+,26?/m0/s1. The van der Waals surface area contributed by atoms with Crippen molar-refractivity contribution < 1.29 is 9.47 Å². The third-order valence-corrected chi connectivity index (χ3v) is 8.24. The van der Waals surface area contributed by atoms with E-state index in [4.69, 9.17) is 9.47 Å². The maximum absolute atomic E-state index is 6.37. The van der Waals surface area contributed by atoms with E-state index in [2.05, 4.69) is 78.9 Å². The van der Waals surface area contributed by atoms with Gasteiger partial charge in [-0.15, -0.1) is 23.5 Å². The van der Waals surface area contributed by atoms with Crippen LogP contribution in [0.25, 0.3) is 0 Å². The highest BCUT2D eigenvalue weighted by atomic mass is 32.2. The molecule has 1 aliphatic heterocycles. The van der Waals surface area contributed by atoms with Gasteiger partial charge in [0.2, 0.25) is 0 Å². The molecule has 4 rings (SSSR count). The summed E-state index contributed by atoms with van der Waals surface area (Å²) in [6, 6.07) is 31.6. The molecule has 1 saturated heterocycles. The average Bonchev–Trinajstić information content (AvgIpc) is 3.20. The van der Waals surface area contributed by atoms with Crippen molar-refractivity contribution in [1.82, 2.24) is 0 Å². The smallest absolute Gasteiger partial charge is 0.0739 e. The van der Waals surface area contributed by atoms with Crippen LogP contribution in [0.15, 0.2) is 91.0 Å². The largest absolute Gasteiger partial charge is 0.376 e. The Morgan fingerprint density at radius 1 is 0.733 bits per heavy atom.